The third-order valence-electron chi connectivity index (χ3n) is 6.07. The molecular formula is C21H20FN3O5. The summed E-state index contributed by atoms with van der Waals surface area (Å²) in [5.74, 6) is -2.26. The summed E-state index contributed by atoms with van der Waals surface area (Å²) in [4.78, 5) is 39.9. The number of nitrogens with one attached hydrogen (secondary N) is 1. The molecule has 1 saturated carbocycles. The van der Waals surface area contributed by atoms with Gasteiger partial charge in [0.25, 0.3) is 11.8 Å². The van der Waals surface area contributed by atoms with Gasteiger partial charge in [0, 0.05) is 18.8 Å². The molecule has 2 aliphatic heterocycles. The Morgan fingerprint density at radius 3 is 2.77 bits per heavy atom. The van der Waals surface area contributed by atoms with Gasteiger partial charge in [-0.15, -0.1) is 0 Å². The van der Waals surface area contributed by atoms with E-state index in [1.54, 1.807) is 4.90 Å². The predicted molar refractivity (Wildman–Crippen MR) is 102 cm³/mol. The van der Waals surface area contributed by atoms with E-state index in [-0.39, 0.29) is 42.3 Å². The van der Waals surface area contributed by atoms with Crippen molar-refractivity contribution in [1.82, 2.24) is 14.8 Å². The second-order valence-electron chi connectivity index (χ2n) is 7.92. The van der Waals surface area contributed by atoms with Gasteiger partial charge in [-0.3, -0.25) is 14.4 Å². The molecule has 0 unspecified atom stereocenters. The van der Waals surface area contributed by atoms with Crippen LogP contribution in [0.2, 0.25) is 0 Å². The maximum absolute atomic E-state index is 13.0. The van der Waals surface area contributed by atoms with Crippen molar-refractivity contribution in [2.45, 2.75) is 50.7 Å². The molecule has 0 radical (unpaired) electrons. The molecule has 156 valence electrons. The summed E-state index contributed by atoms with van der Waals surface area (Å²) in [6.07, 6.45) is 3.40. The number of halogens is 1. The molecule has 1 aliphatic carbocycles. The highest BCUT2D eigenvalue weighted by Gasteiger charge is 2.47. The van der Waals surface area contributed by atoms with Gasteiger partial charge in [-0.25, -0.2) is 4.39 Å². The summed E-state index contributed by atoms with van der Waals surface area (Å²) in [5.41, 5.74) is -0.616. The monoisotopic (exact) mass is 413 g/mol. The number of hydrogen-bond donors (Lipinski definition) is 2. The van der Waals surface area contributed by atoms with Crippen molar-refractivity contribution in [3.05, 3.63) is 63.3 Å². The molecule has 0 spiro atoms. The molecule has 2 bridgehead atoms. The molecule has 1 aromatic heterocycles. The van der Waals surface area contributed by atoms with Crippen LogP contribution in [-0.2, 0) is 17.8 Å². The minimum absolute atomic E-state index is 0.0446. The largest absolute Gasteiger partial charge is 0.503 e. The topological polar surface area (TPSA) is 101 Å². The minimum atomic E-state index is -0.896. The standard InChI is InChI=1S/C21H20FN3O5/c22-12-3-1-11(2-4-12)8-23-20(28)15-9-24-10-16-25(13-5-6-14(7-13)30-16)21(29)17(24)19(27)18(15)26/h1-4,9,13-14,16,27H,5-8,10H2,(H,23,28)/t13-,14+,16+/m1/s1. The van der Waals surface area contributed by atoms with Gasteiger partial charge < -0.3 is 24.6 Å². The Balaban J connectivity index is 1.43. The molecule has 3 atom stereocenters. The van der Waals surface area contributed by atoms with Gasteiger partial charge in [0.2, 0.25) is 5.43 Å². The quantitative estimate of drug-likeness (QED) is 0.791. The first-order chi connectivity index (χ1) is 14.4. The van der Waals surface area contributed by atoms with E-state index in [4.69, 9.17) is 4.74 Å². The van der Waals surface area contributed by atoms with E-state index in [2.05, 4.69) is 5.32 Å². The van der Waals surface area contributed by atoms with E-state index >= 15 is 0 Å². The molecule has 3 heterocycles. The third-order valence-corrected chi connectivity index (χ3v) is 6.07. The number of pyridine rings is 1. The summed E-state index contributed by atoms with van der Waals surface area (Å²) < 4.78 is 20.4. The summed E-state index contributed by atoms with van der Waals surface area (Å²) in [5, 5.41) is 13.1. The van der Waals surface area contributed by atoms with Gasteiger partial charge in [0.1, 0.15) is 11.4 Å². The Labute approximate surface area is 170 Å². The molecular weight excluding hydrogens is 393 g/mol. The summed E-state index contributed by atoms with van der Waals surface area (Å²) >= 11 is 0. The Bertz CT molecular complexity index is 1100. The number of carbonyl (C=O) groups excluding carboxylic acids is 2. The maximum Gasteiger partial charge on any atom is 0.276 e. The number of ether oxygens (including phenoxy) is 1. The molecule has 2 fully saturated rings. The van der Waals surface area contributed by atoms with Crippen molar-refractivity contribution in [3.8, 4) is 5.75 Å². The number of nitrogens with zero attached hydrogens (tertiary/aromatic N) is 2. The van der Waals surface area contributed by atoms with Crippen LogP contribution >= 0.6 is 0 Å². The number of aromatic hydroxyl groups is 1. The fourth-order valence-corrected chi connectivity index (χ4v) is 4.59. The van der Waals surface area contributed by atoms with E-state index < -0.39 is 29.2 Å². The highest BCUT2D eigenvalue weighted by Crippen LogP contribution is 2.38. The van der Waals surface area contributed by atoms with E-state index in [0.717, 1.165) is 19.3 Å². The first-order valence-electron chi connectivity index (χ1n) is 9.89. The fourth-order valence-electron chi connectivity index (χ4n) is 4.59. The molecule has 9 heteroatoms. The van der Waals surface area contributed by atoms with Crippen LogP contribution in [0.15, 0.2) is 35.3 Å². The lowest BCUT2D eigenvalue weighted by Crippen LogP contribution is -2.57. The van der Waals surface area contributed by atoms with Gasteiger partial charge in [0.05, 0.1) is 12.6 Å². The normalized spacial score (nSPS) is 24.4. The van der Waals surface area contributed by atoms with Gasteiger partial charge in [-0.2, -0.15) is 0 Å². The van der Waals surface area contributed by atoms with Crippen LogP contribution in [0.3, 0.4) is 0 Å². The number of fused-ring (bicyclic) bond motifs is 5. The second kappa shape index (κ2) is 6.94. The molecule has 1 aromatic carbocycles. The zero-order chi connectivity index (χ0) is 21.0. The average Bonchev–Trinajstić information content (AvgIpc) is 3.10. The second-order valence-corrected chi connectivity index (χ2v) is 7.92. The number of amides is 2. The molecule has 3 aliphatic rings. The van der Waals surface area contributed by atoms with Crippen LogP contribution in [-0.4, -0.2) is 44.8 Å². The van der Waals surface area contributed by atoms with Gasteiger partial charge in [-0.05, 0) is 37.0 Å². The molecule has 2 aromatic rings. The SMILES string of the molecule is O=C(NCc1ccc(F)cc1)c1cn2c(c(O)c1=O)C(=O)N1[C@@H]3CC[C@@H](C3)O[C@H]1C2. The zero-order valence-electron chi connectivity index (χ0n) is 16.0. The Morgan fingerprint density at radius 1 is 1.23 bits per heavy atom. The zero-order valence-corrected chi connectivity index (χ0v) is 16.0. The first kappa shape index (κ1) is 18.8. The number of rotatable bonds is 3. The maximum atomic E-state index is 13.0. The minimum Gasteiger partial charge on any atom is -0.503 e. The van der Waals surface area contributed by atoms with E-state index in [1.165, 1.54) is 35.0 Å². The van der Waals surface area contributed by atoms with E-state index in [9.17, 15) is 23.9 Å². The van der Waals surface area contributed by atoms with Crippen LogP contribution in [0, 0.1) is 5.82 Å². The fraction of sp³-hybridized carbons (Fsp3) is 0.381. The van der Waals surface area contributed by atoms with Gasteiger partial charge in [0.15, 0.2) is 17.7 Å². The Kier molecular flexibility index (Phi) is 4.35. The predicted octanol–water partition coefficient (Wildman–Crippen LogP) is 1.36. The summed E-state index contributed by atoms with van der Waals surface area (Å²) in [7, 11) is 0. The van der Waals surface area contributed by atoms with Crippen molar-refractivity contribution in [1.29, 1.82) is 0 Å². The first-order valence-corrected chi connectivity index (χ1v) is 9.89. The highest BCUT2D eigenvalue weighted by atomic mass is 19.1. The Morgan fingerprint density at radius 2 is 2.00 bits per heavy atom. The van der Waals surface area contributed by atoms with Crippen LogP contribution in [0.4, 0.5) is 4.39 Å². The third kappa shape index (κ3) is 2.97. The highest BCUT2D eigenvalue weighted by molar-refractivity contribution is 5.99. The number of carbonyl (C=O) groups is 2. The lowest BCUT2D eigenvalue weighted by molar-refractivity contribution is -0.132. The van der Waals surface area contributed by atoms with Crippen molar-refractivity contribution < 1.29 is 23.8 Å². The number of benzene rings is 1. The smallest absolute Gasteiger partial charge is 0.276 e. The van der Waals surface area contributed by atoms with Crippen LogP contribution in [0.1, 0.15) is 45.7 Å². The van der Waals surface area contributed by atoms with Crippen molar-refractivity contribution >= 4 is 11.8 Å². The van der Waals surface area contributed by atoms with Crippen molar-refractivity contribution in [2.75, 3.05) is 0 Å². The van der Waals surface area contributed by atoms with Gasteiger partial charge >= 0.3 is 0 Å². The number of aromatic nitrogens is 1. The number of hydrogen-bond acceptors (Lipinski definition) is 5. The van der Waals surface area contributed by atoms with Crippen LogP contribution in [0.25, 0.3) is 0 Å². The molecule has 5 rings (SSSR count). The van der Waals surface area contributed by atoms with Gasteiger partial charge in [-0.1, -0.05) is 12.1 Å². The molecule has 30 heavy (non-hydrogen) atoms. The summed E-state index contributed by atoms with van der Waals surface area (Å²) in [6, 6.07) is 5.64. The van der Waals surface area contributed by atoms with Crippen LogP contribution < -0.4 is 10.7 Å². The van der Waals surface area contributed by atoms with Crippen molar-refractivity contribution in [2.24, 2.45) is 0 Å². The molecule has 2 amide bonds. The van der Waals surface area contributed by atoms with Crippen LogP contribution in [0.5, 0.6) is 5.75 Å². The van der Waals surface area contributed by atoms with Crippen molar-refractivity contribution in [3.63, 3.8) is 0 Å². The molecule has 2 N–H and O–H groups in total. The Hall–Kier alpha value is -3.20. The lowest BCUT2D eigenvalue weighted by Gasteiger charge is -2.44. The van der Waals surface area contributed by atoms with E-state index in [0.29, 0.717) is 5.56 Å². The molecule has 8 nitrogen and oxygen atoms in total. The lowest BCUT2D eigenvalue weighted by atomic mass is 10.1. The summed E-state index contributed by atoms with van der Waals surface area (Å²) in [6.45, 7) is 0.322. The molecule has 1 saturated heterocycles. The van der Waals surface area contributed by atoms with E-state index in [1.807, 2.05) is 0 Å². The average molecular weight is 413 g/mol.